The Bertz CT molecular complexity index is 450. The van der Waals surface area contributed by atoms with Crippen LogP contribution in [0.4, 0.5) is 11.5 Å². The Labute approximate surface area is 105 Å². The van der Waals surface area contributed by atoms with E-state index in [-0.39, 0.29) is 17.6 Å². The van der Waals surface area contributed by atoms with Crippen molar-refractivity contribution in [3.8, 4) is 5.88 Å². The molecular formula is C12H17N3O3. The summed E-state index contributed by atoms with van der Waals surface area (Å²) in [5.74, 6) is 0.759. The summed E-state index contributed by atoms with van der Waals surface area (Å²) in [6.07, 6.45) is 4.66. The van der Waals surface area contributed by atoms with Crippen LogP contribution in [0.3, 0.4) is 0 Å². The minimum absolute atomic E-state index is 0.0963. The van der Waals surface area contributed by atoms with Gasteiger partial charge in [0, 0.05) is 12.1 Å². The summed E-state index contributed by atoms with van der Waals surface area (Å²) in [7, 11) is 0. The standard InChI is InChI=1S/C12H17N3O3/c1-8-4-2-3-5-10(8)18-11-7-6-9(15(16)17)12(13)14-11/h6-8,10H,2-5H2,1H3,(H2,13,14). The minimum atomic E-state index is -0.546. The van der Waals surface area contributed by atoms with Crippen LogP contribution >= 0.6 is 0 Å². The summed E-state index contributed by atoms with van der Waals surface area (Å²) < 4.78 is 5.77. The number of rotatable bonds is 3. The van der Waals surface area contributed by atoms with E-state index in [1.54, 1.807) is 0 Å². The fraction of sp³-hybridized carbons (Fsp3) is 0.583. The van der Waals surface area contributed by atoms with Gasteiger partial charge >= 0.3 is 5.69 Å². The molecule has 0 saturated heterocycles. The van der Waals surface area contributed by atoms with Crippen LogP contribution in [0.1, 0.15) is 32.6 Å². The van der Waals surface area contributed by atoms with Gasteiger partial charge in [-0.05, 0) is 25.2 Å². The summed E-state index contributed by atoms with van der Waals surface area (Å²) in [4.78, 5) is 14.0. The van der Waals surface area contributed by atoms with E-state index >= 15 is 0 Å². The third-order valence-corrected chi connectivity index (χ3v) is 3.38. The second-order valence-corrected chi connectivity index (χ2v) is 4.73. The third kappa shape index (κ3) is 2.69. The van der Waals surface area contributed by atoms with Crippen molar-refractivity contribution in [3.63, 3.8) is 0 Å². The van der Waals surface area contributed by atoms with Crippen LogP contribution in [0.5, 0.6) is 5.88 Å². The number of anilines is 1. The Kier molecular flexibility index (Phi) is 3.64. The normalized spacial score (nSPS) is 23.6. The van der Waals surface area contributed by atoms with Gasteiger partial charge in [-0.15, -0.1) is 0 Å². The molecule has 0 aromatic carbocycles. The summed E-state index contributed by atoms with van der Waals surface area (Å²) >= 11 is 0. The molecule has 1 aromatic rings. The molecule has 0 spiro atoms. The highest BCUT2D eigenvalue weighted by Crippen LogP contribution is 2.29. The van der Waals surface area contributed by atoms with E-state index in [1.165, 1.54) is 18.6 Å². The van der Waals surface area contributed by atoms with E-state index in [0.29, 0.717) is 11.8 Å². The summed E-state index contributed by atoms with van der Waals surface area (Å²) in [5.41, 5.74) is 5.35. The molecule has 1 saturated carbocycles. The van der Waals surface area contributed by atoms with Crippen LogP contribution in [0.15, 0.2) is 12.1 Å². The monoisotopic (exact) mass is 251 g/mol. The molecule has 2 rings (SSSR count). The second-order valence-electron chi connectivity index (χ2n) is 4.73. The lowest BCUT2D eigenvalue weighted by Gasteiger charge is -2.28. The van der Waals surface area contributed by atoms with Crippen LogP contribution in [-0.4, -0.2) is 16.0 Å². The molecule has 1 aromatic heterocycles. The zero-order valence-corrected chi connectivity index (χ0v) is 10.3. The Morgan fingerprint density at radius 3 is 2.78 bits per heavy atom. The third-order valence-electron chi connectivity index (χ3n) is 3.38. The molecule has 0 radical (unpaired) electrons. The number of nitrogens with two attached hydrogens (primary N) is 1. The molecule has 0 aliphatic heterocycles. The number of nitrogens with zero attached hydrogens (tertiary/aromatic N) is 2. The first-order chi connectivity index (χ1) is 8.58. The number of nitro groups is 1. The lowest BCUT2D eigenvalue weighted by atomic mass is 9.88. The highest BCUT2D eigenvalue weighted by atomic mass is 16.6. The topological polar surface area (TPSA) is 91.3 Å². The molecule has 1 aliphatic carbocycles. The summed E-state index contributed by atoms with van der Waals surface area (Å²) in [6, 6.07) is 2.85. The van der Waals surface area contributed by atoms with Crippen molar-refractivity contribution >= 4 is 11.5 Å². The van der Waals surface area contributed by atoms with Crippen LogP contribution in [0, 0.1) is 16.0 Å². The van der Waals surface area contributed by atoms with Crippen LogP contribution < -0.4 is 10.5 Å². The van der Waals surface area contributed by atoms with Crippen molar-refractivity contribution in [2.24, 2.45) is 5.92 Å². The van der Waals surface area contributed by atoms with Gasteiger partial charge in [0.1, 0.15) is 6.10 Å². The molecule has 6 nitrogen and oxygen atoms in total. The predicted molar refractivity (Wildman–Crippen MR) is 67.4 cm³/mol. The largest absolute Gasteiger partial charge is 0.474 e. The van der Waals surface area contributed by atoms with Crippen molar-refractivity contribution in [2.75, 3.05) is 5.73 Å². The van der Waals surface area contributed by atoms with Crippen LogP contribution in [0.2, 0.25) is 0 Å². The van der Waals surface area contributed by atoms with Crippen LogP contribution in [-0.2, 0) is 0 Å². The van der Waals surface area contributed by atoms with Crippen molar-refractivity contribution in [1.82, 2.24) is 4.98 Å². The van der Waals surface area contributed by atoms with E-state index in [9.17, 15) is 10.1 Å². The average molecular weight is 251 g/mol. The Morgan fingerprint density at radius 2 is 2.17 bits per heavy atom. The highest BCUT2D eigenvalue weighted by molar-refractivity contribution is 5.53. The van der Waals surface area contributed by atoms with Crippen molar-refractivity contribution in [2.45, 2.75) is 38.7 Å². The molecule has 98 valence electrons. The molecule has 2 atom stereocenters. The molecule has 2 N–H and O–H groups in total. The van der Waals surface area contributed by atoms with Gasteiger partial charge in [-0.25, -0.2) is 0 Å². The fourth-order valence-corrected chi connectivity index (χ4v) is 2.28. The Hall–Kier alpha value is -1.85. The fourth-order valence-electron chi connectivity index (χ4n) is 2.28. The molecule has 2 unspecified atom stereocenters. The van der Waals surface area contributed by atoms with E-state index in [4.69, 9.17) is 10.5 Å². The molecule has 1 aliphatic rings. The number of hydrogen-bond donors (Lipinski definition) is 1. The minimum Gasteiger partial charge on any atom is -0.474 e. The molecule has 1 heterocycles. The van der Waals surface area contributed by atoms with Crippen molar-refractivity contribution in [3.05, 3.63) is 22.2 Å². The maximum atomic E-state index is 10.6. The lowest BCUT2D eigenvalue weighted by Crippen LogP contribution is -2.28. The van der Waals surface area contributed by atoms with Gasteiger partial charge in [0.25, 0.3) is 0 Å². The zero-order chi connectivity index (χ0) is 13.1. The van der Waals surface area contributed by atoms with E-state index < -0.39 is 4.92 Å². The van der Waals surface area contributed by atoms with Gasteiger partial charge in [-0.3, -0.25) is 10.1 Å². The van der Waals surface area contributed by atoms with E-state index in [2.05, 4.69) is 11.9 Å². The quantitative estimate of drug-likeness (QED) is 0.658. The number of ether oxygens (including phenoxy) is 1. The Morgan fingerprint density at radius 1 is 1.44 bits per heavy atom. The van der Waals surface area contributed by atoms with Gasteiger partial charge in [0.05, 0.1) is 4.92 Å². The maximum absolute atomic E-state index is 10.6. The smallest absolute Gasteiger partial charge is 0.311 e. The first-order valence-electron chi connectivity index (χ1n) is 6.15. The summed E-state index contributed by atoms with van der Waals surface area (Å²) in [5, 5.41) is 10.6. The van der Waals surface area contributed by atoms with Crippen molar-refractivity contribution in [1.29, 1.82) is 0 Å². The molecule has 1 fully saturated rings. The molecule has 6 heteroatoms. The zero-order valence-electron chi connectivity index (χ0n) is 10.3. The first-order valence-corrected chi connectivity index (χ1v) is 6.15. The lowest BCUT2D eigenvalue weighted by molar-refractivity contribution is -0.384. The van der Waals surface area contributed by atoms with Gasteiger partial charge in [-0.2, -0.15) is 4.98 Å². The van der Waals surface area contributed by atoms with E-state index in [1.807, 2.05) is 0 Å². The van der Waals surface area contributed by atoms with Gasteiger partial charge < -0.3 is 10.5 Å². The first kappa shape index (κ1) is 12.6. The van der Waals surface area contributed by atoms with Gasteiger partial charge in [-0.1, -0.05) is 13.3 Å². The number of nitrogen functional groups attached to an aromatic ring is 1. The summed E-state index contributed by atoms with van der Waals surface area (Å²) in [6.45, 7) is 2.15. The van der Waals surface area contributed by atoms with Gasteiger partial charge in [0.15, 0.2) is 0 Å². The SMILES string of the molecule is CC1CCCCC1Oc1ccc([N+](=O)[O-])c(N)n1. The molecular weight excluding hydrogens is 234 g/mol. The van der Waals surface area contributed by atoms with Gasteiger partial charge in [0.2, 0.25) is 11.7 Å². The molecule has 0 bridgehead atoms. The Balaban J connectivity index is 2.10. The maximum Gasteiger partial charge on any atom is 0.311 e. The molecule has 18 heavy (non-hydrogen) atoms. The average Bonchev–Trinajstić information content (AvgIpc) is 2.32. The highest BCUT2D eigenvalue weighted by Gasteiger charge is 2.24. The van der Waals surface area contributed by atoms with E-state index in [0.717, 1.165) is 19.3 Å². The number of pyridine rings is 1. The number of hydrogen-bond acceptors (Lipinski definition) is 5. The molecule has 0 amide bonds. The number of aromatic nitrogens is 1. The second kappa shape index (κ2) is 5.20. The predicted octanol–water partition coefficient (Wildman–Crippen LogP) is 2.53. The van der Waals surface area contributed by atoms with Crippen molar-refractivity contribution < 1.29 is 9.66 Å². The van der Waals surface area contributed by atoms with Crippen LogP contribution in [0.25, 0.3) is 0 Å².